The molecule has 5 nitrogen and oxygen atoms in total. The molecule has 1 aliphatic rings. The highest BCUT2D eigenvalue weighted by Gasteiger charge is 2.17. The molecule has 1 unspecified atom stereocenters. The van der Waals surface area contributed by atoms with Crippen LogP contribution >= 0.6 is 0 Å². The van der Waals surface area contributed by atoms with E-state index in [1.54, 1.807) is 6.07 Å². The molecule has 1 heterocycles. The van der Waals surface area contributed by atoms with Gasteiger partial charge in [0.2, 0.25) is 0 Å². The van der Waals surface area contributed by atoms with Crippen LogP contribution in [0, 0.1) is 0 Å². The first-order valence-corrected chi connectivity index (χ1v) is 6.82. The Bertz CT molecular complexity index is 522. The predicted molar refractivity (Wildman–Crippen MR) is 74.6 cm³/mol. The van der Waals surface area contributed by atoms with Crippen molar-refractivity contribution in [2.75, 3.05) is 13.6 Å². The quantitative estimate of drug-likeness (QED) is 0.744. The number of aryl methyl sites for hydroxylation is 2. The van der Waals surface area contributed by atoms with Crippen molar-refractivity contribution in [2.24, 2.45) is 0 Å². The van der Waals surface area contributed by atoms with Crippen molar-refractivity contribution in [1.82, 2.24) is 15.6 Å². The van der Waals surface area contributed by atoms with Crippen molar-refractivity contribution in [1.29, 1.82) is 0 Å². The molecule has 0 aliphatic heterocycles. The number of aromatic nitrogens is 1. The summed E-state index contributed by atoms with van der Waals surface area (Å²) in [5.74, 6) is -0.295. The summed E-state index contributed by atoms with van der Waals surface area (Å²) in [6, 6.07) is 1.94. The van der Waals surface area contributed by atoms with E-state index < -0.39 is 0 Å². The maximum Gasteiger partial charge on any atom is 0.261 e. The Hall–Kier alpha value is -1.62. The van der Waals surface area contributed by atoms with Gasteiger partial charge in [-0.2, -0.15) is 0 Å². The van der Waals surface area contributed by atoms with Crippen LogP contribution in [0.15, 0.2) is 10.9 Å². The number of H-pyrrole nitrogens is 1. The Morgan fingerprint density at radius 2 is 2.16 bits per heavy atom. The lowest BCUT2D eigenvalue weighted by atomic mass is 9.95. The Kier molecular flexibility index (Phi) is 4.37. The van der Waals surface area contributed by atoms with Crippen LogP contribution in [-0.4, -0.2) is 30.5 Å². The maximum atomic E-state index is 12.0. The van der Waals surface area contributed by atoms with Crippen LogP contribution in [0.2, 0.25) is 0 Å². The molecular weight excluding hydrogens is 242 g/mol. The fourth-order valence-corrected chi connectivity index (χ4v) is 2.29. The van der Waals surface area contributed by atoms with Crippen LogP contribution in [0.25, 0.3) is 0 Å². The number of amides is 1. The number of likely N-dealkylation sites (N-methyl/N-ethyl adjacent to an activating group) is 1. The lowest BCUT2D eigenvalue weighted by Crippen LogP contribution is -2.39. The molecule has 1 aromatic heterocycles. The minimum Gasteiger partial charge on any atom is -0.350 e. The number of rotatable bonds is 4. The van der Waals surface area contributed by atoms with Crippen LogP contribution in [0.5, 0.6) is 0 Å². The van der Waals surface area contributed by atoms with Crippen molar-refractivity contribution in [3.05, 3.63) is 33.2 Å². The number of carbonyl (C=O) groups excluding carboxylic acids is 1. The second-order valence-electron chi connectivity index (χ2n) is 5.12. The third kappa shape index (κ3) is 3.23. The van der Waals surface area contributed by atoms with E-state index in [9.17, 15) is 9.59 Å². The monoisotopic (exact) mass is 263 g/mol. The molecule has 1 aromatic rings. The lowest BCUT2D eigenvalue weighted by molar-refractivity contribution is 0.0949. The first-order chi connectivity index (χ1) is 9.11. The zero-order valence-corrected chi connectivity index (χ0v) is 11.5. The van der Waals surface area contributed by atoms with Gasteiger partial charge in [0.25, 0.3) is 11.5 Å². The predicted octanol–water partition coefficient (Wildman–Crippen LogP) is 0.591. The summed E-state index contributed by atoms with van der Waals surface area (Å²) in [7, 11) is 1.84. The average molecular weight is 263 g/mol. The molecule has 2 rings (SSSR count). The second kappa shape index (κ2) is 6.02. The molecule has 0 fully saturated rings. The van der Waals surface area contributed by atoms with Gasteiger partial charge in [-0.3, -0.25) is 9.59 Å². The SMILES string of the molecule is CNC(C)CNC(=O)c1cc2c([nH]c1=O)CCCC2. The molecule has 3 N–H and O–H groups in total. The molecule has 0 spiro atoms. The van der Waals surface area contributed by atoms with Crippen LogP contribution in [0.1, 0.15) is 41.4 Å². The van der Waals surface area contributed by atoms with Crippen molar-refractivity contribution in [3.8, 4) is 0 Å². The standard InChI is InChI=1S/C14H21N3O2/c1-9(15-2)8-16-13(18)11-7-10-5-3-4-6-12(10)17-14(11)19/h7,9,15H,3-6,8H2,1-2H3,(H,16,18)(H,17,19). The Balaban J connectivity index is 2.15. The van der Waals surface area contributed by atoms with Gasteiger partial charge < -0.3 is 15.6 Å². The van der Waals surface area contributed by atoms with Gasteiger partial charge in [-0.25, -0.2) is 0 Å². The number of fused-ring (bicyclic) bond motifs is 1. The third-order valence-corrected chi connectivity index (χ3v) is 3.64. The lowest BCUT2D eigenvalue weighted by Gasteiger charge is -2.16. The molecular formula is C14H21N3O2. The van der Waals surface area contributed by atoms with Gasteiger partial charge >= 0.3 is 0 Å². The number of aromatic amines is 1. The minimum absolute atomic E-state index is 0.181. The molecule has 1 aliphatic carbocycles. The summed E-state index contributed by atoms with van der Waals surface area (Å²) in [5.41, 5.74) is 2.05. The van der Waals surface area contributed by atoms with E-state index in [1.807, 2.05) is 14.0 Å². The van der Waals surface area contributed by atoms with Crippen LogP contribution in [0.3, 0.4) is 0 Å². The van der Waals surface area contributed by atoms with Crippen LogP contribution in [-0.2, 0) is 12.8 Å². The smallest absolute Gasteiger partial charge is 0.261 e. The number of carbonyl (C=O) groups is 1. The molecule has 1 atom stereocenters. The maximum absolute atomic E-state index is 12.0. The zero-order valence-electron chi connectivity index (χ0n) is 11.5. The molecule has 1 amide bonds. The van der Waals surface area contributed by atoms with E-state index in [4.69, 9.17) is 0 Å². The van der Waals surface area contributed by atoms with Gasteiger partial charge in [-0.1, -0.05) is 0 Å². The van der Waals surface area contributed by atoms with Crippen molar-refractivity contribution in [2.45, 2.75) is 38.6 Å². The van der Waals surface area contributed by atoms with Crippen LogP contribution in [0.4, 0.5) is 0 Å². The fourth-order valence-electron chi connectivity index (χ4n) is 2.29. The van der Waals surface area contributed by atoms with Gasteiger partial charge in [-0.05, 0) is 51.3 Å². The molecule has 0 aromatic carbocycles. The second-order valence-corrected chi connectivity index (χ2v) is 5.12. The summed E-state index contributed by atoms with van der Waals surface area (Å²) in [6.45, 7) is 2.48. The van der Waals surface area contributed by atoms with Crippen molar-refractivity contribution >= 4 is 5.91 Å². The molecule has 104 valence electrons. The van der Waals surface area contributed by atoms with Gasteiger partial charge in [0.05, 0.1) is 0 Å². The van der Waals surface area contributed by atoms with Crippen molar-refractivity contribution in [3.63, 3.8) is 0 Å². The van der Waals surface area contributed by atoms with Gasteiger partial charge in [0.1, 0.15) is 5.56 Å². The molecule has 0 saturated heterocycles. The average Bonchev–Trinajstić information content (AvgIpc) is 2.43. The Labute approximate surface area is 112 Å². The largest absolute Gasteiger partial charge is 0.350 e. The van der Waals surface area contributed by atoms with Gasteiger partial charge in [0.15, 0.2) is 0 Å². The number of hydrogen-bond acceptors (Lipinski definition) is 3. The molecule has 19 heavy (non-hydrogen) atoms. The molecule has 5 heteroatoms. The van der Waals surface area contributed by atoms with E-state index >= 15 is 0 Å². The van der Waals surface area contributed by atoms with E-state index in [0.717, 1.165) is 36.9 Å². The highest BCUT2D eigenvalue weighted by Crippen LogP contribution is 2.18. The molecule has 0 saturated carbocycles. The Morgan fingerprint density at radius 3 is 2.89 bits per heavy atom. The van der Waals surface area contributed by atoms with Gasteiger partial charge in [0, 0.05) is 18.3 Å². The summed E-state index contributed by atoms with van der Waals surface area (Å²) >= 11 is 0. The van der Waals surface area contributed by atoms with E-state index in [0.29, 0.717) is 6.54 Å². The number of pyridine rings is 1. The molecule has 0 radical (unpaired) electrons. The van der Waals surface area contributed by atoms with Gasteiger partial charge in [-0.15, -0.1) is 0 Å². The third-order valence-electron chi connectivity index (χ3n) is 3.64. The summed E-state index contributed by atoms with van der Waals surface area (Å²) in [6.07, 6.45) is 4.08. The number of nitrogens with one attached hydrogen (secondary N) is 3. The van der Waals surface area contributed by atoms with E-state index in [1.165, 1.54) is 0 Å². The van der Waals surface area contributed by atoms with Crippen LogP contribution < -0.4 is 16.2 Å². The summed E-state index contributed by atoms with van der Waals surface area (Å²) in [5, 5.41) is 5.81. The van der Waals surface area contributed by atoms with E-state index in [2.05, 4.69) is 15.6 Å². The zero-order chi connectivity index (χ0) is 13.8. The first-order valence-electron chi connectivity index (χ1n) is 6.82. The fraction of sp³-hybridized carbons (Fsp3) is 0.571. The van der Waals surface area contributed by atoms with Crippen molar-refractivity contribution < 1.29 is 4.79 Å². The Morgan fingerprint density at radius 1 is 1.42 bits per heavy atom. The normalized spacial score (nSPS) is 15.7. The minimum atomic E-state index is -0.295. The summed E-state index contributed by atoms with van der Waals surface area (Å²) < 4.78 is 0. The first kappa shape index (κ1) is 13.8. The highest BCUT2D eigenvalue weighted by molar-refractivity contribution is 5.94. The van der Waals surface area contributed by atoms with E-state index in [-0.39, 0.29) is 23.1 Å². The highest BCUT2D eigenvalue weighted by atomic mass is 16.2. The summed E-state index contributed by atoms with van der Waals surface area (Å²) in [4.78, 5) is 26.8. The topological polar surface area (TPSA) is 74.0 Å². The number of hydrogen-bond donors (Lipinski definition) is 3. The molecule has 0 bridgehead atoms.